The molecule has 1 aromatic heterocycles. The molecule has 130 valence electrons. The molecule has 0 spiro atoms. The van der Waals surface area contributed by atoms with Gasteiger partial charge in [-0.15, -0.1) is 11.3 Å². The normalized spacial score (nSPS) is 11.8. The van der Waals surface area contributed by atoms with E-state index in [-0.39, 0.29) is 10.8 Å². The van der Waals surface area contributed by atoms with Gasteiger partial charge in [-0.05, 0) is 42.1 Å². The van der Waals surface area contributed by atoms with E-state index in [0.29, 0.717) is 10.6 Å². The SMILES string of the molecule is Cc1c(C(=O)Nc2cccc(S(=O)(=O)N(C)C)c2)sc2ccccc12. The maximum absolute atomic E-state index is 12.6. The Morgan fingerprint density at radius 1 is 1.08 bits per heavy atom. The molecule has 0 aliphatic carbocycles. The number of hydrogen-bond acceptors (Lipinski definition) is 4. The zero-order chi connectivity index (χ0) is 18.2. The van der Waals surface area contributed by atoms with Gasteiger partial charge in [0.2, 0.25) is 10.0 Å². The molecule has 3 rings (SSSR count). The number of anilines is 1. The molecule has 0 saturated carbocycles. The van der Waals surface area contributed by atoms with E-state index in [0.717, 1.165) is 20.0 Å². The Labute approximate surface area is 151 Å². The molecule has 1 amide bonds. The van der Waals surface area contributed by atoms with Crippen LogP contribution < -0.4 is 5.32 Å². The second-order valence-corrected chi connectivity index (χ2v) is 9.03. The van der Waals surface area contributed by atoms with Gasteiger partial charge >= 0.3 is 0 Å². The van der Waals surface area contributed by atoms with Crippen molar-refractivity contribution >= 4 is 43.0 Å². The summed E-state index contributed by atoms with van der Waals surface area (Å²) in [6.45, 7) is 1.92. The first-order chi connectivity index (χ1) is 11.8. The fraction of sp³-hybridized carbons (Fsp3) is 0.167. The minimum atomic E-state index is -3.54. The highest BCUT2D eigenvalue weighted by Crippen LogP contribution is 2.31. The molecule has 0 unspecified atom stereocenters. The minimum Gasteiger partial charge on any atom is -0.321 e. The van der Waals surface area contributed by atoms with Crippen molar-refractivity contribution < 1.29 is 13.2 Å². The van der Waals surface area contributed by atoms with Crippen LogP contribution in [0.5, 0.6) is 0 Å². The molecule has 0 aliphatic rings. The summed E-state index contributed by atoms with van der Waals surface area (Å²) in [5, 5.41) is 3.86. The molecule has 0 saturated heterocycles. The van der Waals surface area contributed by atoms with Crippen molar-refractivity contribution in [2.75, 3.05) is 19.4 Å². The number of sulfonamides is 1. The molecule has 25 heavy (non-hydrogen) atoms. The predicted molar refractivity (Wildman–Crippen MR) is 102 cm³/mol. The molecule has 1 N–H and O–H groups in total. The number of thiophene rings is 1. The molecular weight excluding hydrogens is 356 g/mol. The number of fused-ring (bicyclic) bond motifs is 1. The first-order valence-electron chi connectivity index (χ1n) is 7.63. The Morgan fingerprint density at radius 2 is 1.80 bits per heavy atom. The summed E-state index contributed by atoms with van der Waals surface area (Å²) in [6, 6.07) is 14.1. The average Bonchev–Trinajstić information content (AvgIpc) is 2.92. The molecule has 3 aromatic rings. The molecular formula is C18H18N2O3S2. The molecule has 0 radical (unpaired) electrons. The molecule has 7 heteroatoms. The number of carbonyl (C=O) groups is 1. The molecule has 2 aromatic carbocycles. The van der Waals surface area contributed by atoms with E-state index in [1.807, 2.05) is 31.2 Å². The van der Waals surface area contributed by atoms with Crippen molar-refractivity contribution in [2.45, 2.75) is 11.8 Å². The van der Waals surface area contributed by atoms with Gasteiger partial charge in [-0.1, -0.05) is 24.3 Å². The van der Waals surface area contributed by atoms with Crippen molar-refractivity contribution in [2.24, 2.45) is 0 Å². The Bertz CT molecular complexity index is 1050. The second kappa shape index (κ2) is 6.59. The maximum atomic E-state index is 12.6. The first-order valence-corrected chi connectivity index (χ1v) is 9.88. The van der Waals surface area contributed by atoms with Crippen LogP contribution in [-0.2, 0) is 10.0 Å². The summed E-state index contributed by atoms with van der Waals surface area (Å²) in [4.78, 5) is 13.4. The lowest BCUT2D eigenvalue weighted by Gasteiger charge is -2.12. The van der Waals surface area contributed by atoms with Crippen molar-refractivity contribution in [3.63, 3.8) is 0 Å². The second-order valence-electron chi connectivity index (χ2n) is 5.82. The first kappa shape index (κ1) is 17.6. The third-order valence-electron chi connectivity index (χ3n) is 3.92. The van der Waals surface area contributed by atoms with E-state index in [1.165, 1.54) is 37.6 Å². The highest BCUT2D eigenvalue weighted by atomic mass is 32.2. The predicted octanol–water partition coefficient (Wildman–Crippen LogP) is 3.71. The monoisotopic (exact) mass is 374 g/mol. The molecule has 0 aliphatic heterocycles. The topological polar surface area (TPSA) is 66.5 Å². The Hall–Kier alpha value is -2.22. The lowest BCUT2D eigenvalue weighted by Crippen LogP contribution is -2.22. The van der Waals surface area contributed by atoms with Gasteiger partial charge in [0.15, 0.2) is 0 Å². The molecule has 5 nitrogen and oxygen atoms in total. The number of rotatable bonds is 4. The van der Waals surface area contributed by atoms with E-state index in [9.17, 15) is 13.2 Å². The van der Waals surface area contributed by atoms with E-state index < -0.39 is 10.0 Å². The van der Waals surface area contributed by atoms with Gasteiger partial charge in [0.25, 0.3) is 5.91 Å². The van der Waals surface area contributed by atoms with Crippen LogP contribution in [0.1, 0.15) is 15.2 Å². The van der Waals surface area contributed by atoms with Crippen LogP contribution in [0.25, 0.3) is 10.1 Å². The lowest BCUT2D eigenvalue weighted by atomic mass is 10.1. The molecule has 1 heterocycles. The summed E-state index contributed by atoms with van der Waals surface area (Å²) in [6.07, 6.45) is 0. The van der Waals surface area contributed by atoms with Crippen molar-refractivity contribution in [3.8, 4) is 0 Å². The number of aryl methyl sites for hydroxylation is 1. The lowest BCUT2D eigenvalue weighted by molar-refractivity contribution is 0.103. The van der Waals surface area contributed by atoms with Crippen molar-refractivity contribution in [1.82, 2.24) is 4.31 Å². The number of amides is 1. The van der Waals surface area contributed by atoms with Gasteiger partial charge in [-0.25, -0.2) is 12.7 Å². The van der Waals surface area contributed by atoms with E-state index >= 15 is 0 Å². The average molecular weight is 374 g/mol. The summed E-state index contributed by atoms with van der Waals surface area (Å²) in [5.74, 6) is -0.238. The Balaban J connectivity index is 1.92. The zero-order valence-electron chi connectivity index (χ0n) is 14.1. The number of nitrogens with zero attached hydrogens (tertiary/aromatic N) is 1. The van der Waals surface area contributed by atoms with Gasteiger partial charge in [-0.3, -0.25) is 4.79 Å². The van der Waals surface area contributed by atoms with E-state index in [2.05, 4.69) is 5.32 Å². The smallest absolute Gasteiger partial charge is 0.266 e. The summed E-state index contributed by atoms with van der Waals surface area (Å²) < 4.78 is 26.6. The van der Waals surface area contributed by atoms with Crippen LogP contribution in [0.3, 0.4) is 0 Å². The highest BCUT2D eigenvalue weighted by molar-refractivity contribution is 7.89. The number of carbonyl (C=O) groups excluding carboxylic acids is 1. The van der Waals surface area contributed by atoms with Crippen LogP contribution in [-0.4, -0.2) is 32.7 Å². The number of hydrogen-bond donors (Lipinski definition) is 1. The highest BCUT2D eigenvalue weighted by Gasteiger charge is 2.19. The van der Waals surface area contributed by atoms with Gasteiger partial charge < -0.3 is 5.32 Å². The maximum Gasteiger partial charge on any atom is 0.266 e. The van der Waals surface area contributed by atoms with Crippen molar-refractivity contribution in [1.29, 1.82) is 0 Å². The standard InChI is InChI=1S/C18H18N2O3S2/c1-12-15-9-4-5-10-16(15)24-17(12)18(21)19-13-7-6-8-14(11-13)25(22,23)20(2)3/h4-11H,1-3H3,(H,19,21). The third kappa shape index (κ3) is 3.30. The van der Waals surface area contributed by atoms with Crippen LogP contribution in [0.2, 0.25) is 0 Å². The van der Waals surface area contributed by atoms with Crippen LogP contribution in [0.15, 0.2) is 53.4 Å². The minimum absolute atomic E-state index is 0.142. The Kier molecular flexibility index (Phi) is 4.64. The van der Waals surface area contributed by atoms with Crippen LogP contribution in [0, 0.1) is 6.92 Å². The van der Waals surface area contributed by atoms with E-state index in [1.54, 1.807) is 12.1 Å². The van der Waals surface area contributed by atoms with Gasteiger partial charge in [-0.2, -0.15) is 0 Å². The summed E-state index contributed by atoms with van der Waals surface area (Å²) in [5.41, 5.74) is 1.37. The number of benzene rings is 2. The summed E-state index contributed by atoms with van der Waals surface area (Å²) >= 11 is 1.43. The fourth-order valence-corrected chi connectivity index (χ4v) is 4.58. The molecule has 0 bridgehead atoms. The van der Waals surface area contributed by atoms with Gasteiger partial charge in [0, 0.05) is 24.5 Å². The molecule has 0 atom stereocenters. The van der Waals surface area contributed by atoms with Gasteiger partial charge in [0.05, 0.1) is 9.77 Å². The van der Waals surface area contributed by atoms with Gasteiger partial charge in [0.1, 0.15) is 0 Å². The fourth-order valence-electron chi connectivity index (χ4n) is 2.52. The quantitative estimate of drug-likeness (QED) is 0.757. The number of nitrogens with one attached hydrogen (secondary N) is 1. The zero-order valence-corrected chi connectivity index (χ0v) is 15.7. The summed E-state index contributed by atoms with van der Waals surface area (Å²) in [7, 11) is -0.597. The van der Waals surface area contributed by atoms with E-state index in [4.69, 9.17) is 0 Å². The van der Waals surface area contributed by atoms with Crippen molar-refractivity contribution in [3.05, 3.63) is 59.0 Å². The molecule has 0 fully saturated rings. The Morgan fingerprint density at radius 3 is 2.48 bits per heavy atom. The third-order valence-corrected chi connectivity index (χ3v) is 7.00. The van der Waals surface area contributed by atoms with Crippen LogP contribution in [0.4, 0.5) is 5.69 Å². The largest absolute Gasteiger partial charge is 0.321 e. The van der Waals surface area contributed by atoms with Crippen LogP contribution >= 0.6 is 11.3 Å².